The zero-order valence-electron chi connectivity index (χ0n) is 18.2. The van der Waals surface area contributed by atoms with Crippen LogP contribution in [0.2, 0.25) is 0 Å². The Bertz CT molecular complexity index is 966. The van der Waals surface area contributed by atoms with Crippen molar-refractivity contribution >= 4 is 13.7 Å². The molecule has 0 aliphatic heterocycles. The summed E-state index contributed by atoms with van der Waals surface area (Å²) in [4.78, 5) is 11.1. The summed E-state index contributed by atoms with van der Waals surface area (Å²) in [7, 11) is -1.80. The summed E-state index contributed by atoms with van der Waals surface area (Å²) in [5.74, 6) is 0.752. The predicted molar refractivity (Wildman–Crippen MR) is 125 cm³/mol. The van der Waals surface area contributed by atoms with Gasteiger partial charge in [-0.1, -0.05) is 102 Å². The largest absolute Gasteiger partial charge is 0.444 e. The van der Waals surface area contributed by atoms with E-state index in [2.05, 4.69) is 65.8 Å². The fraction of sp³-hybridized carbons (Fsp3) is 0.308. The predicted octanol–water partition coefficient (Wildman–Crippen LogP) is 6.96. The van der Waals surface area contributed by atoms with Crippen molar-refractivity contribution in [1.29, 1.82) is 0 Å². The molecule has 152 valence electrons. The minimum Gasteiger partial charge on any atom is -0.444 e. The number of benzene rings is 3. The van der Waals surface area contributed by atoms with Gasteiger partial charge in [0.05, 0.1) is 0 Å². The van der Waals surface area contributed by atoms with E-state index in [0.29, 0.717) is 0 Å². The number of hydrogen-bond donors (Lipinski definition) is 1. The van der Waals surface area contributed by atoms with Crippen molar-refractivity contribution in [2.24, 2.45) is 0 Å². The second-order valence-electron chi connectivity index (χ2n) is 9.46. The lowest BCUT2D eigenvalue weighted by Crippen LogP contribution is -2.18. The highest BCUT2D eigenvalue weighted by Gasteiger charge is 2.25. The van der Waals surface area contributed by atoms with Crippen molar-refractivity contribution in [3.63, 3.8) is 0 Å². The van der Waals surface area contributed by atoms with Gasteiger partial charge in [0.15, 0.2) is 0 Å². The Kier molecular flexibility index (Phi) is 6.17. The molecule has 0 saturated carbocycles. The van der Waals surface area contributed by atoms with E-state index in [9.17, 15) is 4.89 Å². The highest BCUT2D eigenvalue weighted by molar-refractivity contribution is 7.55. The lowest BCUT2D eigenvalue weighted by molar-refractivity contribution is 0.477. The van der Waals surface area contributed by atoms with E-state index in [1.54, 1.807) is 0 Å². The van der Waals surface area contributed by atoms with E-state index in [0.717, 1.165) is 27.7 Å². The normalized spacial score (nSPS) is 13.2. The summed E-state index contributed by atoms with van der Waals surface area (Å²) >= 11 is 0. The molecule has 0 fully saturated rings. The maximum Gasteiger partial charge on any atom is 0.262 e. The highest BCUT2D eigenvalue weighted by Crippen LogP contribution is 2.42. The summed E-state index contributed by atoms with van der Waals surface area (Å²) in [6, 6.07) is 24.4. The van der Waals surface area contributed by atoms with Gasteiger partial charge in [-0.15, -0.1) is 0 Å². The van der Waals surface area contributed by atoms with Gasteiger partial charge in [-0.05, 0) is 39.7 Å². The van der Waals surface area contributed by atoms with Crippen molar-refractivity contribution in [1.82, 2.24) is 0 Å². The quantitative estimate of drug-likeness (QED) is 0.475. The zero-order chi connectivity index (χ0) is 21.2. The fourth-order valence-corrected chi connectivity index (χ4v) is 4.37. The van der Waals surface area contributed by atoms with Gasteiger partial charge in [-0.25, -0.2) is 0 Å². The first-order valence-corrected chi connectivity index (χ1v) is 11.2. The average Bonchev–Trinajstić information content (AvgIpc) is 2.67. The number of hydrogen-bond acceptors (Lipinski definition) is 2. The van der Waals surface area contributed by atoms with Crippen molar-refractivity contribution < 1.29 is 9.42 Å². The summed E-state index contributed by atoms with van der Waals surface area (Å²) in [5, 5.41) is 0.827. The first-order chi connectivity index (χ1) is 13.6. The molecule has 2 nitrogen and oxygen atoms in total. The Morgan fingerprint density at radius 2 is 1.34 bits per heavy atom. The molecule has 0 aliphatic carbocycles. The lowest BCUT2D eigenvalue weighted by Gasteiger charge is -2.28. The van der Waals surface area contributed by atoms with Crippen LogP contribution in [0.15, 0.2) is 72.8 Å². The van der Waals surface area contributed by atoms with Crippen LogP contribution in [0.4, 0.5) is 0 Å². The van der Waals surface area contributed by atoms with E-state index in [1.807, 2.05) is 48.5 Å². The second kappa shape index (κ2) is 8.30. The first-order valence-electron chi connectivity index (χ1n) is 10.0. The highest BCUT2D eigenvalue weighted by atomic mass is 31.2. The standard InChI is InChI=1S/C26H31O2P/c1-25(2,3)20-16-17-23(22(18-20)26(4,5)6)28-29(27)24-15-11-10-14-21(24)19-12-8-7-9-13-19/h7-18,27H,1-6H3. The molecular formula is C26H31O2P. The molecule has 0 aliphatic rings. The minimum atomic E-state index is -1.80. The average molecular weight is 407 g/mol. The zero-order valence-corrected chi connectivity index (χ0v) is 19.1. The first kappa shape index (κ1) is 21.6. The summed E-state index contributed by atoms with van der Waals surface area (Å²) < 4.78 is 6.21. The molecule has 0 radical (unpaired) electrons. The molecule has 0 aromatic heterocycles. The molecule has 3 rings (SSSR count). The Morgan fingerprint density at radius 3 is 1.97 bits per heavy atom. The monoisotopic (exact) mass is 406 g/mol. The molecule has 3 aromatic rings. The van der Waals surface area contributed by atoms with E-state index < -0.39 is 8.38 Å². The maximum atomic E-state index is 11.1. The Morgan fingerprint density at radius 1 is 0.724 bits per heavy atom. The molecule has 0 saturated heterocycles. The molecule has 1 unspecified atom stereocenters. The van der Waals surface area contributed by atoms with Gasteiger partial charge in [0.1, 0.15) is 5.75 Å². The summed E-state index contributed by atoms with van der Waals surface area (Å²) in [5.41, 5.74) is 4.43. The maximum absolute atomic E-state index is 11.1. The van der Waals surface area contributed by atoms with Gasteiger partial charge in [0.25, 0.3) is 8.38 Å². The molecule has 0 amide bonds. The molecule has 0 spiro atoms. The van der Waals surface area contributed by atoms with E-state index >= 15 is 0 Å². The topological polar surface area (TPSA) is 29.5 Å². The second-order valence-corrected chi connectivity index (χ2v) is 10.7. The SMILES string of the molecule is CC(C)(C)c1ccc(OP(O)c2ccccc2-c2ccccc2)c(C(C)(C)C)c1. The van der Waals surface area contributed by atoms with Gasteiger partial charge in [0.2, 0.25) is 0 Å². The third kappa shape index (κ3) is 5.07. The molecule has 29 heavy (non-hydrogen) atoms. The third-order valence-corrected chi connectivity index (χ3v) is 6.21. The van der Waals surface area contributed by atoms with E-state index in [-0.39, 0.29) is 10.8 Å². The molecule has 3 aromatic carbocycles. The smallest absolute Gasteiger partial charge is 0.262 e. The van der Waals surface area contributed by atoms with Crippen LogP contribution in [0.25, 0.3) is 11.1 Å². The van der Waals surface area contributed by atoms with Crippen molar-refractivity contribution in [3.05, 3.63) is 83.9 Å². The van der Waals surface area contributed by atoms with Crippen LogP contribution >= 0.6 is 8.38 Å². The van der Waals surface area contributed by atoms with Crippen LogP contribution in [0.3, 0.4) is 0 Å². The van der Waals surface area contributed by atoms with Gasteiger partial charge in [-0.2, -0.15) is 0 Å². The van der Waals surface area contributed by atoms with Gasteiger partial charge < -0.3 is 9.42 Å². The number of rotatable bonds is 4. The van der Waals surface area contributed by atoms with Crippen LogP contribution in [-0.2, 0) is 10.8 Å². The Hall–Kier alpha value is -2.15. The Labute approximate surface area is 176 Å². The molecule has 1 atom stereocenters. The van der Waals surface area contributed by atoms with Gasteiger partial charge in [-0.3, -0.25) is 0 Å². The fourth-order valence-electron chi connectivity index (χ4n) is 3.31. The van der Waals surface area contributed by atoms with Crippen molar-refractivity contribution in [3.8, 4) is 16.9 Å². The van der Waals surface area contributed by atoms with Crippen LogP contribution in [0.5, 0.6) is 5.75 Å². The molecule has 3 heteroatoms. The lowest BCUT2D eigenvalue weighted by atomic mass is 9.80. The minimum absolute atomic E-state index is 0.0579. The summed E-state index contributed by atoms with van der Waals surface area (Å²) in [6.07, 6.45) is 0. The van der Waals surface area contributed by atoms with Crippen LogP contribution in [0, 0.1) is 0 Å². The summed E-state index contributed by atoms with van der Waals surface area (Å²) in [6.45, 7) is 13.2. The molecule has 0 heterocycles. The van der Waals surface area contributed by atoms with E-state index in [1.165, 1.54) is 5.56 Å². The van der Waals surface area contributed by atoms with E-state index in [4.69, 9.17) is 4.52 Å². The third-order valence-electron chi connectivity index (χ3n) is 5.03. The van der Waals surface area contributed by atoms with Gasteiger partial charge >= 0.3 is 0 Å². The van der Waals surface area contributed by atoms with Gasteiger partial charge in [0, 0.05) is 10.9 Å². The van der Waals surface area contributed by atoms with Crippen LogP contribution < -0.4 is 9.83 Å². The molecule has 1 N–H and O–H groups in total. The van der Waals surface area contributed by atoms with Crippen molar-refractivity contribution in [2.45, 2.75) is 52.4 Å². The van der Waals surface area contributed by atoms with Crippen molar-refractivity contribution in [2.75, 3.05) is 0 Å². The molecule has 0 bridgehead atoms. The Balaban J connectivity index is 1.99. The van der Waals surface area contributed by atoms with Crippen LogP contribution in [0.1, 0.15) is 52.7 Å². The van der Waals surface area contributed by atoms with Crippen LogP contribution in [-0.4, -0.2) is 4.89 Å². The molecular weight excluding hydrogens is 375 g/mol.